The number of hydrogen-bond donors (Lipinski definition) is 3. The Kier molecular flexibility index (Phi) is 10.8. The molecule has 0 unspecified atom stereocenters. The number of nitrogens with one attached hydrogen (secondary N) is 1. The Bertz CT molecular complexity index is 832. The fourth-order valence-corrected chi connectivity index (χ4v) is 5.28. The second-order valence-electron chi connectivity index (χ2n) is 8.42. The third-order valence-electron chi connectivity index (χ3n) is 5.87. The molecule has 0 spiro atoms. The molecule has 1 amide bonds. The number of aliphatic carboxylic acids is 2. The van der Waals surface area contributed by atoms with Crippen molar-refractivity contribution in [3.63, 3.8) is 0 Å². The summed E-state index contributed by atoms with van der Waals surface area (Å²) < 4.78 is 5.29. The smallest absolute Gasteiger partial charge is 0.414 e. The number of esters is 1. The second kappa shape index (κ2) is 13.3. The number of nitrogens with zero attached hydrogens (tertiary/aromatic N) is 1. The van der Waals surface area contributed by atoms with E-state index in [1.165, 1.54) is 24.1 Å². The fraction of sp³-hybridized carbons (Fsp3) is 0.652. The van der Waals surface area contributed by atoms with E-state index in [0.717, 1.165) is 56.8 Å². The van der Waals surface area contributed by atoms with Gasteiger partial charge in [-0.1, -0.05) is 13.3 Å². The molecule has 9 nitrogen and oxygen atoms in total. The van der Waals surface area contributed by atoms with Crippen LogP contribution in [0.2, 0.25) is 0 Å². The molecule has 1 fully saturated rings. The Labute approximate surface area is 198 Å². The molecule has 0 bridgehead atoms. The average Bonchev–Trinajstić information content (AvgIpc) is 2.94. The van der Waals surface area contributed by atoms with Crippen LogP contribution < -0.4 is 5.32 Å². The van der Waals surface area contributed by atoms with Crippen LogP contribution in [-0.2, 0) is 32.0 Å². The van der Waals surface area contributed by atoms with Gasteiger partial charge in [-0.25, -0.2) is 14.4 Å². The number of carboxylic acids is 2. The molecular weight excluding hydrogens is 448 g/mol. The van der Waals surface area contributed by atoms with E-state index < -0.39 is 11.9 Å². The van der Waals surface area contributed by atoms with Gasteiger partial charge in [-0.2, -0.15) is 0 Å². The number of hydrogen-bond acceptors (Lipinski definition) is 7. The lowest BCUT2D eigenvalue weighted by atomic mass is 9.99. The number of rotatable bonds is 6. The van der Waals surface area contributed by atoms with E-state index in [2.05, 4.69) is 17.1 Å². The Hall–Kier alpha value is -2.46. The largest absolute Gasteiger partial charge is 0.473 e. The van der Waals surface area contributed by atoms with Crippen LogP contribution in [0, 0.1) is 5.92 Å². The minimum Gasteiger partial charge on any atom is -0.473 e. The highest BCUT2D eigenvalue weighted by Crippen LogP contribution is 2.38. The molecule has 0 atom stereocenters. The van der Waals surface area contributed by atoms with Gasteiger partial charge in [0.1, 0.15) is 5.00 Å². The number of fused-ring (bicyclic) bond motifs is 1. The number of carbonyl (C=O) groups is 4. The zero-order chi connectivity index (χ0) is 24.4. The predicted molar refractivity (Wildman–Crippen MR) is 125 cm³/mol. The maximum atomic E-state index is 12.6. The van der Waals surface area contributed by atoms with E-state index in [9.17, 15) is 9.59 Å². The van der Waals surface area contributed by atoms with Crippen LogP contribution in [-0.4, -0.2) is 65.2 Å². The van der Waals surface area contributed by atoms with Gasteiger partial charge in [0, 0.05) is 17.8 Å². The van der Waals surface area contributed by atoms with E-state index in [0.29, 0.717) is 23.6 Å². The van der Waals surface area contributed by atoms with Gasteiger partial charge in [0.15, 0.2) is 0 Å². The second-order valence-corrected chi connectivity index (χ2v) is 9.53. The highest BCUT2D eigenvalue weighted by atomic mass is 32.1. The third kappa shape index (κ3) is 8.43. The number of likely N-dealkylation sites (tertiary alicyclic amines) is 1. The van der Waals surface area contributed by atoms with E-state index in [-0.39, 0.29) is 11.9 Å². The summed E-state index contributed by atoms with van der Waals surface area (Å²) in [4.78, 5) is 46.9. The molecule has 3 rings (SSSR count). The Balaban J connectivity index is 0.000000569. The number of aryl methyl sites for hydroxylation is 1. The molecule has 3 N–H and O–H groups in total. The molecular formula is C23H34N2O7S. The first-order chi connectivity index (χ1) is 15.7. The summed E-state index contributed by atoms with van der Waals surface area (Å²) in [6, 6.07) is 0. The minimum absolute atomic E-state index is 0.00409. The monoisotopic (exact) mass is 482 g/mol. The van der Waals surface area contributed by atoms with Crippen LogP contribution in [0.3, 0.4) is 0 Å². The highest BCUT2D eigenvalue weighted by Gasteiger charge is 2.26. The molecule has 1 aliphatic carbocycles. The van der Waals surface area contributed by atoms with Crippen LogP contribution in [0.25, 0.3) is 0 Å². The number of anilines is 1. The lowest BCUT2D eigenvalue weighted by molar-refractivity contribution is -0.159. The van der Waals surface area contributed by atoms with Crippen molar-refractivity contribution in [3.05, 3.63) is 16.0 Å². The lowest BCUT2D eigenvalue weighted by Crippen LogP contribution is -2.35. The number of carboxylic acid groups (broad SMARTS) is 2. The van der Waals surface area contributed by atoms with Crippen LogP contribution in [0.15, 0.2) is 0 Å². The Morgan fingerprint density at radius 2 is 1.70 bits per heavy atom. The van der Waals surface area contributed by atoms with Gasteiger partial charge in [0.25, 0.3) is 0 Å². The zero-order valence-electron chi connectivity index (χ0n) is 19.4. The topological polar surface area (TPSA) is 133 Å². The van der Waals surface area contributed by atoms with Gasteiger partial charge in [-0.15, -0.1) is 11.3 Å². The van der Waals surface area contributed by atoms with Crippen molar-refractivity contribution in [2.24, 2.45) is 5.92 Å². The van der Waals surface area contributed by atoms with Crippen LogP contribution >= 0.6 is 11.3 Å². The van der Waals surface area contributed by atoms with Crippen molar-refractivity contribution in [1.29, 1.82) is 0 Å². The number of thiophene rings is 1. The van der Waals surface area contributed by atoms with Gasteiger partial charge >= 0.3 is 17.9 Å². The summed E-state index contributed by atoms with van der Waals surface area (Å²) in [5.41, 5.74) is 1.72. The van der Waals surface area contributed by atoms with Gasteiger partial charge in [-0.3, -0.25) is 4.79 Å². The van der Waals surface area contributed by atoms with E-state index in [1.54, 1.807) is 11.3 Å². The van der Waals surface area contributed by atoms with E-state index in [4.69, 9.17) is 24.5 Å². The molecule has 1 aromatic heterocycles. The van der Waals surface area contributed by atoms with Crippen LogP contribution in [0.4, 0.5) is 5.00 Å². The van der Waals surface area contributed by atoms with Crippen LogP contribution in [0.1, 0.15) is 73.2 Å². The number of ether oxygens (including phenoxy) is 1. The summed E-state index contributed by atoms with van der Waals surface area (Å²) in [5, 5.41) is 18.5. The molecule has 1 aliphatic heterocycles. The predicted octanol–water partition coefficient (Wildman–Crippen LogP) is 3.41. The maximum absolute atomic E-state index is 12.6. The van der Waals surface area contributed by atoms with Gasteiger partial charge < -0.3 is 25.2 Å². The first kappa shape index (κ1) is 26.8. The summed E-state index contributed by atoms with van der Waals surface area (Å²) in [6.45, 7) is 7.41. The number of carbonyl (C=O) groups excluding carboxylic acids is 2. The van der Waals surface area contributed by atoms with Gasteiger partial charge in [-0.05, 0) is 70.0 Å². The van der Waals surface area contributed by atoms with Crippen molar-refractivity contribution in [3.8, 4) is 0 Å². The summed E-state index contributed by atoms with van der Waals surface area (Å²) >= 11 is 1.57. The molecule has 184 valence electrons. The number of piperidine rings is 1. The Morgan fingerprint density at radius 1 is 1.06 bits per heavy atom. The quantitative estimate of drug-likeness (QED) is 0.319. The van der Waals surface area contributed by atoms with Gasteiger partial charge in [0.2, 0.25) is 5.91 Å². The molecule has 0 radical (unpaired) electrons. The summed E-state index contributed by atoms with van der Waals surface area (Å²) in [6.07, 6.45) is 8.24. The van der Waals surface area contributed by atoms with Crippen molar-refractivity contribution < 1.29 is 34.1 Å². The first-order valence-corrected chi connectivity index (χ1v) is 12.3. The molecule has 0 saturated carbocycles. The van der Waals surface area contributed by atoms with Crippen LogP contribution in [0.5, 0.6) is 0 Å². The molecule has 1 aromatic rings. The number of amides is 1. The van der Waals surface area contributed by atoms with E-state index >= 15 is 0 Å². The average molecular weight is 483 g/mol. The van der Waals surface area contributed by atoms with Crippen molar-refractivity contribution in [2.45, 2.75) is 65.2 Å². The first-order valence-electron chi connectivity index (χ1n) is 11.5. The fourth-order valence-electron chi connectivity index (χ4n) is 3.98. The molecule has 2 aliphatic rings. The molecule has 10 heteroatoms. The third-order valence-corrected chi connectivity index (χ3v) is 7.08. The van der Waals surface area contributed by atoms with Gasteiger partial charge in [0.05, 0.1) is 12.2 Å². The standard InChI is InChI=1S/C21H32N2O3S.C2H2O4/c1-3-26-21(25)19-16-7-5-4-6-8-17(16)27-20(19)22-18(24)11-14-23-12-9-15(2)10-13-23;3-1(4)2(5)6/h15H,3-14H2,1-2H3,(H,22,24);(H,3,4)(H,5,6). The van der Waals surface area contributed by atoms with Crippen molar-refractivity contribution in [2.75, 3.05) is 31.6 Å². The molecule has 0 aromatic carbocycles. The normalized spacial score (nSPS) is 16.5. The van der Waals surface area contributed by atoms with Crippen molar-refractivity contribution in [1.82, 2.24) is 4.90 Å². The molecule has 33 heavy (non-hydrogen) atoms. The zero-order valence-corrected chi connectivity index (χ0v) is 20.2. The molecule has 2 heterocycles. The highest BCUT2D eigenvalue weighted by molar-refractivity contribution is 7.17. The maximum Gasteiger partial charge on any atom is 0.414 e. The summed E-state index contributed by atoms with van der Waals surface area (Å²) in [7, 11) is 0. The SMILES string of the molecule is CCOC(=O)c1c(NC(=O)CCN2CCC(C)CC2)sc2c1CCCCC2.O=C(O)C(=O)O. The van der Waals surface area contributed by atoms with Crippen molar-refractivity contribution >= 4 is 40.2 Å². The summed E-state index contributed by atoms with van der Waals surface area (Å²) in [5.74, 6) is -3.15. The van der Waals surface area contributed by atoms with E-state index in [1.807, 2.05) is 6.92 Å². The lowest BCUT2D eigenvalue weighted by Gasteiger charge is -2.29. The molecule has 1 saturated heterocycles. The Morgan fingerprint density at radius 3 is 2.30 bits per heavy atom. The minimum atomic E-state index is -1.82.